The van der Waals surface area contributed by atoms with Gasteiger partial charge in [-0.05, 0) is 82.8 Å². The van der Waals surface area contributed by atoms with Crippen LogP contribution in [-0.4, -0.2) is 14.5 Å². The van der Waals surface area contributed by atoms with E-state index in [1.807, 2.05) is 29.5 Å². The number of furan rings is 1. The summed E-state index contributed by atoms with van der Waals surface area (Å²) in [4.78, 5) is 9.18. The molecule has 0 aliphatic carbocycles. The molecule has 58 heavy (non-hydrogen) atoms. The predicted molar refractivity (Wildman–Crippen MR) is 237 cm³/mol. The standard InChI is InChI=1S/C39H23N2OS.C13H12N.Ir/c1-2-8-25(9-3-1)26-14-18-29(19-15-26)41-35-12-6-5-11-34(35)40-39(41)33-24-42-36-20-16-27(22-31(33)36)28-17-21-38-32(23-28)30-10-4-7-13-37(30)43-38;1-10-3-6-12(7-4-10)13-8-5-11(2)9-14-13;/h1-23H;3-6,8-9H,1-2H3;/q2*-1;/i;1D3,2D3;. The van der Waals surface area contributed by atoms with Crippen molar-refractivity contribution in [1.82, 2.24) is 14.5 Å². The SMILES string of the molecule is [2H]C([2H])([2H])c1c[c-]c(-c2ccc(C([2H])([2H])[2H])cn2)cc1.[Ir].[c-]1oc2ccc(-c3ccc4sc5ccccc5c4c3)cc2c1-c1nc2ccccc2n1-c1ccc(-c2ccccc2)cc1. The van der Waals surface area contributed by atoms with Crippen molar-refractivity contribution < 1.29 is 32.7 Å². The number of hydrogen-bond donors (Lipinski definition) is 0. The topological polar surface area (TPSA) is 43.9 Å². The fourth-order valence-corrected chi connectivity index (χ4v) is 8.34. The fourth-order valence-electron chi connectivity index (χ4n) is 7.25. The van der Waals surface area contributed by atoms with Crippen LogP contribution in [0.1, 0.15) is 19.4 Å². The van der Waals surface area contributed by atoms with Gasteiger partial charge in [-0.2, -0.15) is 0 Å². The van der Waals surface area contributed by atoms with Crippen LogP contribution in [0.5, 0.6) is 0 Å². The van der Waals surface area contributed by atoms with Crippen LogP contribution in [0.2, 0.25) is 0 Å². The van der Waals surface area contributed by atoms with Crippen LogP contribution in [0.15, 0.2) is 180 Å². The van der Waals surface area contributed by atoms with E-state index < -0.39 is 13.7 Å². The van der Waals surface area contributed by atoms with Gasteiger partial charge in [0.05, 0.1) is 16.9 Å². The first-order valence-electron chi connectivity index (χ1n) is 21.5. The van der Waals surface area contributed by atoms with Crippen molar-refractivity contribution in [3.63, 3.8) is 0 Å². The van der Waals surface area contributed by atoms with E-state index in [-0.39, 0.29) is 31.2 Å². The van der Waals surface area contributed by atoms with Crippen LogP contribution in [0, 0.1) is 26.0 Å². The summed E-state index contributed by atoms with van der Waals surface area (Å²) in [6.07, 6.45) is 4.51. The van der Waals surface area contributed by atoms with Gasteiger partial charge in [0.15, 0.2) is 0 Å². The Kier molecular flexibility index (Phi) is 8.38. The van der Waals surface area contributed by atoms with Gasteiger partial charge in [0.1, 0.15) is 0 Å². The molecule has 4 aromatic heterocycles. The Labute approximate surface area is 362 Å². The van der Waals surface area contributed by atoms with Crippen LogP contribution in [0.25, 0.3) is 92.8 Å². The first-order chi connectivity index (χ1) is 30.5. The van der Waals surface area contributed by atoms with E-state index in [9.17, 15) is 0 Å². The Hall–Kier alpha value is -6.43. The third-order valence-electron chi connectivity index (χ3n) is 10.1. The maximum Gasteiger partial charge on any atom is 0.0774 e. The maximum atomic E-state index is 7.28. The number of thiophene rings is 1. The van der Waals surface area contributed by atoms with Crippen LogP contribution in [0.3, 0.4) is 0 Å². The third-order valence-corrected chi connectivity index (χ3v) is 11.2. The number of aromatic nitrogens is 3. The average Bonchev–Trinajstić information content (AvgIpc) is 4.02. The first kappa shape index (κ1) is 30.7. The van der Waals surface area contributed by atoms with Crippen molar-refractivity contribution in [3.05, 3.63) is 200 Å². The van der Waals surface area contributed by atoms with Crippen molar-refractivity contribution in [2.45, 2.75) is 13.7 Å². The average molecular weight is 948 g/mol. The van der Waals surface area contributed by atoms with Crippen molar-refractivity contribution in [2.24, 2.45) is 0 Å². The molecule has 4 nitrogen and oxygen atoms in total. The molecule has 0 saturated carbocycles. The Bertz CT molecular complexity index is 3360. The van der Waals surface area contributed by atoms with Crippen molar-refractivity contribution >= 4 is 53.5 Å². The van der Waals surface area contributed by atoms with Crippen molar-refractivity contribution in [1.29, 1.82) is 0 Å². The zero-order chi connectivity index (χ0) is 43.3. The molecule has 0 fully saturated rings. The molecule has 0 aliphatic heterocycles. The number of hydrogen-bond acceptors (Lipinski definition) is 4. The van der Waals surface area contributed by atoms with Gasteiger partial charge < -0.3 is 14.0 Å². The molecule has 0 N–H and O–H groups in total. The van der Waals surface area contributed by atoms with Crippen molar-refractivity contribution in [3.8, 4) is 50.6 Å². The zero-order valence-corrected chi connectivity index (χ0v) is 33.9. The molecular formula is C52H35IrN3OS-2. The van der Waals surface area contributed by atoms with E-state index in [2.05, 4.69) is 143 Å². The summed E-state index contributed by atoms with van der Waals surface area (Å²) >= 11 is 1.84. The smallest absolute Gasteiger partial charge is 0.0774 e. The first-order valence-corrected chi connectivity index (χ1v) is 19.3. The second kappa shape index (κ2) is 15.8. The van der Waals surface area contributed by atoms with E-state index in [0.29, 0.717) is 11.3 Å². The van der Waals surface area contributed by atoms with Gasteiger partial charge in [0, 0.05) is 72.2 Å². The summed E-state index contributed by atoms with van der Waals surface area (Å²) in [7, 11) is 0. The zero-order valence-electron chi connectivity index (χ0n) is 36.7. The van der Waals surface area contributed by atoms with Crippen LogP contribution in [-0.2, 0) is 20.1 Å². The molecule has 281 valence electrons. The molecule has 0 spiro atoms. The van der Waals surface area contributed by atoms with E-state index in [1.165, 1.54) is 61.3 Å². The van der Waals surface area contributed by atoms with E-state index in [0.717, 1.165) is 44.6 Å². The number of pyridine rings is 1. The third kappa shape index (κ3) is 7.07. The largest absolute Gasteiger partial charge is 0.557 e. The summed E-state index contributed by atoms with van der Waals surface area (Å²) in [5.41, 5.74) is 10.9. The Morgan fingerprint density at radius 1 is 0.621 bits per heavy atom. The van der Waals surface area contributed by atoms with Gasteiger partial charge in [-0.1, -0.05) is 127 Å². The van der Waals surface area contributed by atoms with Crippen LogP contribution >= 0.6 is 11.3 Å². The number of para-hydroxylation sites is 2. The predicted octanol–water partition coefficient (Wildman–Crippen LogP) is 14.1. The minimum Gasteiger partial charge on any atom is -0.557 e. The van der Waals surface area contributed by atoms with Gasteiger partial charge in [-0.25, -0.2) is 0 Å². The minimum absolute atomic E-state index is 0. The summed E-state index contributed by atoms with van der Waals surface area (Å²) in [6, 6.07) is 59.6. The summed E-state index contributed by atoms with van der Waals surface area (Å²) in [5, 5.41) is 3.58. The molecule has 0 unspecified atom stereocenters. The Morgan fingerprint density at radius 2 is 1.33 bits per heavy atom. The van der Waals surface area contributed by atoms with Gasteiger partial charge in [-0.15, -0.1) is 46.7 Å². The van der Waals surface area contributed by atoms with Gasteiger partial charge in [0.25, 0.3) is 0 Å². The molecule has 6 heteroatoms. The summed E-state index contributed by atoms with van der Waals surface area (Å²) < 4.78 is 54.5. The molecule has 4 heterocycles. The second-order valence-electron chi connectivity index (χ2n) is 13.7. The number of nitrogens with zero attached hydrogens (tertiary/aromatic N) is 3. The van der Waals surface area contributed by atoms with E-state index >= 15 is 0 Å². The number of rotatable bonds is 5. The molecule has 11 aromatic rings. The van der Waals surface area contributed by atoms with Crippen LogP contribution < -0.4 is 0 Å². The van der Waals surface area contributed by atoms with Gasteiger partial charge in [-0.3, -0.25) is 4.98 Å². The molecule has 0 bridgehead atoms. The molecule has 0 saturated heterocycles. The monoisotopic (exact) mass is 948 g/mol. The van der Waals surface area contributed by atoms with Crippen LogP contribution in [0.4, 0.5) is 0 Å². The number of aryl methyl sites for hydroxylation is 2. The van der Waals surface area contributed by atoms with Gasteiger partial charge in [0.2, 0.25) is 0 Å². The summed E-state index contributed by atoms with van der Waals surface area (Å²) in [6.45, 7) is -4.34. The summed E-state index contributed by atoms with van der Waals surface area (Å²) in [5.74, 6) is 0.809. The molecule has 0 amide bonds. The minimum atomic E-state index is -2.18. The maximum absolute atomic E-state index is 7.28. The van der Waals surface area contributed by atoms with Crippen molar-refractivity contribution in [2.75, 3.05) is 0 Å². The van der Waals surface area contributed by atoms with Gasteiger partial charge >= 0.3 is 0 Å². The normalized spacial score (nSPS) is 13.1. The molecule has 7 aromatic carbocycles. The van der Waals surface area contributed by atoms with E-state index in [1.54, 1.807) is 12.1 Å². The molecular weight excluding hydrogens is 907 g/mol. The van der Waals surface area contributed by atoms with E-state index in [4.69, 9.17) is 17.6 Å². The molecule has 11 rings (SSSR count). The molecule has 1 radical (unpaired) electrons. The molecule has 0 aliphatic rings. The number of fused-ring (bicyclic) bond motifs is 5. The number of imidazole rings is 1. The second-order valence-corrected chi connectivity index (χ2v) is 14.8. The fraction of sp³-hybridized carbons (Fsp3) is 0.0385. The Morgan fingerprint density at radius 3 is 2.12 bits per heavy atom. The Balaban J connectivity index is 0.000000209. The quantitative estimate of drug-likeness (QED) is 0.162. The molecule has 0 atom stereocenters. The number of benzene rings is 7.